The molecule has 0 radical (unpaired) electrons. The van der Waals surface area contributed by atoms with Crippen LogP contribution in [-0.4, -0.2) is 56.6 Å². The van der Waals surface area contributed by atoms with Gasteiger partial charge in [0.2, 0.25) is 5.91 Å². The topological polar surface area (TPSA) is 66.0 Å². The fourth-order valence-electron chi connectivity index (χ4n) is 3.08. The molecule has 152 valence electrons. The number of nitrogens with zero attached hydrogens (tertiary/aromatic N) is 2. The Morgan fingerprint density at radius 2 is 2.04 bits per heavy atom. The van der Waals surface area contributed by atoms with E-state index < -0.39 is 0 Å². The van der Waals surface area contributed by atoms with Crippen LogP contribution in [0, 0.1) is 5.92 Å². The molecule has 0 saturated carbocycles. The highest BCUT2D eigenvalue weighted by Gasteiger charge is 2.23. The van der Waals surface area contributed by atoms with Crippen LogP contribution in [0.3, 0.4) is 0 Å². The van der Waals surface area contributed by atoms with E-state index in [1.807, 2.05) is 31.2 Å². The molecule has 27 heavy (non-hydrogen) atoms. The first-order valence-corrected chi connectivity index (χ1v) is 9.90. The molecule has 2 rings (SSSR count). The zero-order chi connectivity index (χ0) is 18.9. The number of guanidine groups is 1. The van der Waals surface area contributed by atoms with Crippen LogP contribution in [0.2, 0.25) is 0 Å². The van der Waals surface area contributed by atoms with E-state index in [-0.39, 0.29) is 36.0 Å². The van der Waals surface area contributed by atoms with Gasteiger partial charge in [-0.3, -0.25) is 9.79 Å². The number of halogens is 2. The van der Waals surface area contributed by atoms with E-state index in [4.69, 9.17) is 4.74 Å². The van der Waals surface area contributed by atoms with Gasteiger partial charge in [-0.1, -0.05) is 12.1 Å². The third kappa shape index (κ3) is 7.85. The van der Waals surface area contributed by atoms with E-state index in [1.54, 1.807) is 14.1 Å². The summed E-state index contributed by atoms with van der Waals surface area (Å²) in [6.45, 7) is 4.54. The highest BCUT2D eigenvalue weighted by atomic mass is 127. The number of carbonyl (C=O) groups excluding carboxylic acids is 1. The Morgan fingerprint density at radius 1 is 1.37 bits per heavy atom. The van der Waals surface area contributed by atoms with Crippen LogP contribution < -0.4 is 15.4 Å². The van der Waals surface area contributed by atoms with Crippen molar-refractivity contribution in [2.45, 2.75) is 32.3 Å². The molecular formula is C19H30BrIN4O2. The van der Waals surface area contributed by atoms with Crippen molar-refractivity contribution in [2.75, 3.05) is 33.7 Å². The molecule has 0 aromatic heterocycles. The number of hydrogen-bond acceptors (Lipinski definition) is 3. The lowest BCUT2D eigenvalue weighted by molar-refractivity contribution is -0.121. The van der Waals surface area contributed by atoms with Gasteiger partial charge in [0.05, 0.1) is 11.0 Å². The number of hydrogen-bond donors (Lipinski definition) is 2. The maximum atomic E-state index is 11.5. The highest BCUT2D eigenvalue weighted by Crippen LogP contribution is 2.24. The molecule has 1 aromatic carbocycles. The zero-order valence-corrected chi connectivity index (χ0v) is 20.1. The molecule has 6 nitrogen and oxygen atoms in total. The molecule has 1 atom stereocenters. The lowest BCUT2D eigenvalue weighted by atomic mass is 9.93. The second-order valence-electron chi connectivity index (χ2n) is 6.59. The first kappa shape index (κ1) is 24.0. The summed E-state index contributed by atoms with van der Waals surface area (Å²) in [5.41, 5.74) is 0. The number of carbonyl (C=O) groups is 1. The maximum absolute atomic E-state index is 11.5. The number of para-hydroxylation sites is 1. The third-order valence-corrected chi connectivity index (χ3v) is 5.25. The van der Waals surface area contributed by atoms with Gasteiger partial charge in [0.1, 0.15) is 11.9 Å². The normalized spacial score (nSPS) is 16.3. The van der Waals surface area contributed by atoms with Crippen LogP contribution in [0.15, 0.2) is 33.7 Å². The quantitative estimate of drug-likeness (QED) is 0.323. The van der Waals surface area contributed by atoms with Crippen LogP contribution in [0.5, 0.6) is 5.75 Å². The molecule has 1 aliphatic rings. The van der Waals surface area contributed by atoms with Crippen LogP contribution >= 0.6 is 39.9 Å². The van der Waals surface area contributed by atoms with Crippen molar-refractivity contribution in [3.63, 3.8) is 0 Å². The van der Waals surface area contributed by atoms with Crippen LogP contribution in [0.1, 0.15) is 26.2 Å². The van der Waals surface area contributed by atoms with Gasteiger partial charge in [0.25, 0.3) is 0 Å². The van der Waals surface area contributed by atoms with E-state index in [0.29, 0.717) is 18.9 Å². The van der Waals surface area contributed by atoms with Crippen LogP contribution in [0.4, 0.5) is 0 Å². The Balaban J connectivity index is 0.00000364. The van der Waals surface area contributed by atoms with Crippen molar-refractivity contribution < 1.29 is 9.53 Å². The van der Waals surface area contributed by atoms with Gasteiger partial charge in [-0.05, 0) is 53.7 Å². The Labute approximate surface area is 187 Å². The van der Waals surface area contributed by atoms with Crippen molar-refractivity contribution >= 4 is 51.8 Å². The van der Waals surface area contributed by atoms with Gasteiger partial charge in [-0.25, -0.2) is 0 Å². The molecule has 1 unspecified atom stereocenters. The summed E-state index contributed by atoms with van der Waals surface area (Å²) in [6.07, 6.45) is 2.65. The van der Waals surface area contributed by atoms with Gasteiger partial charge in [-0.15, -0.1) is 24.0 Å². The summed E-state index contributed by atoms with van der Waals surface area (Å²) in [4.78, 5) is 18.2. The van der Waals surface area contributed by atoms with E-state index >= 15 is 0 Å². The second kappa shape index (κ2) is 12.4. The Hall–Kier alpha value is -1.03. The zero-order valence-electron chi connectivity index (χ0n) is 16.2. The van der Waals surface area contributed by atoms with E-state index in [1.165, 1.54) is 0 Å². The number of piperidine rings is 1. The number of benzene rings is 1. The van der Waals surface area contributed by atoms with Crippen molar-refractivity contribution in [1.29, 1.82) is 0 Å². The van der Waals surface area contributed by atoms with Gasteiger partial charge in [0, 0.05) is 33.6 Å². The molecule has 1 fully saturated rings. The minimum Gasteiger partial charge on any atom is -0.488 e. The second-order valence-corrected chi connectivity index (χ2v) is 7.45. The average molecular weight is 553 g/mol. The molecule has 1 saturated heterocycles. The van der Waals surface area contributed by atoms with Gasteiger partial charge in [0.15, 0.2) is 5.96 Å². The standard InChI is InChI=1S/C19H29BrN4O2.HI/c1-14(26-17-7-5-4-6-16(17)20)13-23-19(22-3)24-10-8-15(9-11-24)12-18(25)21-2;/h4-7,14-15H,8-13H2,1-3H3,(H,21,25)(H,22,23);1H. The molecule has 0 aliphatic carbocycles. The van der Waals surface area contributed by atoms with Crippen LogP contribution in [-0.2, 0) is 4.79 Å². The fourth-order valence-corrected chi connectivity index (χ4v) is 3.46. The molecule has 2 N–H and O–H groups in total. The fraction of sp³-hybridized carbons (Fsp3) is 0.579. The summed E-state index contributed by atoms with van der Waals surface area (Å²) in [7, 11) is 3.50. The maximum Gasteiger partial charge on any atom is 0.220 e. The first-order chi connectivity index (χ1) is 12.5. The summed E-state index contributed by atoms with van der Waals surface area (Å²) in [6, 6.07) is 7.85. The summed E-state index contributed by atoms with van der Waals surface area (Å²) in [5, 5.41) is 6.11. The highest BCUT2D eigenvalue weighted by molar-refractivity contribution is 14.0. The predicted octanol–water partition coefficient (Wildman–Crippen LogP) is 3.26. The van der Waals surface area contributed by atoms with Crippen LogP contribution in [0.25, 0.3) is 0 Å². The summed E-state index contributed by atoms with van der Waals surface area (Å²) < 4.78 is 6.93. The number of aliphatic imine (C=N–C) groups is 1. The molecule has 1 aliphatic heterocycles. The smallest absolute Gasteiger partial charge is 0.220 e. The Morgan fingerprint density at radius 3 is 2.63 bits per heavy atom. The minimum absolute atomic E-state index is 0. The van der Waals surface area contributed by atoms with E-state index in [0.717, 1.165) is 42.1 Å². The molecule has 0 bridgehead atoms. The van der Waals surface area contributed by atoms with Gasteiger partial charge < -0.3 is 20.3 Å². The first-order valence-electron chi connectivity index (χ1n) is 9.10. The molecule has 1 heterocycles. The van der Waals surface area contributed by atoms with Crippen molar-refractivity contribution in [1.82, 2.24) is 15.5 Å². The molecule has 1 amide bonds. The minimum atomic E-state index is 0. The number of likely N-dealkylation sites (tertiary alicyclic amines) is 1. The van der Waals surface area contributed by atoms with Gasteiger partial charge in [-0.2, -0.15) is 0 Å². The number of ether oxygens (including phenoxy) is 1. The summed E-state index contributed by atoms with van der Waals surface area (Å²) in [5.74, 6) is 2.32. The molecule has 1 aromatic rings. The van der Waals surface area contributed by atoms with Gasteiger partial charge >= 0.3 is 0 Å². The number of amides is 1. The monoisotopic (exact) mass is 552 g/mol. The Kier molecular flexibility index (Phi) is 11.1. The van der Waals surface area contributed by atoms with Crippen molar-refractivity contribution in [2.24, 2.45) is 10.9 Å². The molecular weight excluding hydrogens is 523 g/mol. The van der Waals surface area contributed by atoms with E-state index in [9.17, 15) is 4.79 Å². The third-order valence-electron chi connectivity index (χ3n) is 4.59. The Bertz CT molecular complexity index is 621. The number of rotatable bonds is 6. The molecule has 8 heteroatoms. The van der Waals surface area contributed by atoms with E-state index in [2.05, 4.69) is 36.5 Å². The lowest BCUT2D eigenvalue weighted by Crippen LogP contribution is -2.48. The predicted molar refractivity (Wildman–Crippen MR) is 124 cm³/mol. The molecule has 0 spiro atoms. The largest absolute Gasteiger partial charge is 0.488 e. The average Bonchev–Trinajstić information content (AvgIpc) is 2.65. The summed E-state index contributed by atoms with van der Waals surface area (Å²) >= 11 is 3.50. The number of nitrogens with one attached hydrogen (secondary N) is 2. The van der Waals surface area contributed by atoms with Crippen molar-refractivity contribution in [3.05, 3.63) is 28.7 Å². The van der Waals surface area contributed by atoms with Crippen molar-refractivity contribution in [3.8, 4) is 5.75 Å². The SMILES string of the molecule is CN=C(NCC(C)Oc1ccccc1Br)N1CCC(CC(=O)NC)CC1.I. The lowest BCUT2D eigenvalue weighted by Gasteiger charge is -2.34.